The van der Waals surface area contributed by atoms with E-state index in [1.807, 2.05) is 84.7 Å². The Labute approximate surface area is 608 Å². The van der Waals surface area contributed by atoms with E-state index in [4.69, 9.17) is 31.8 Å². The standard InChI is InChI=1S/C36H44N8O4.C19H21ClN4O.C17H24N4O3.5CH4/c1-35(2,3)24-10-12-25(13-11-24)44-28(32(46)41(7)8)17-23-19-38-33(40-30(23)44)39-29-16-9-22(18-37-29)31(45)42-20-26-14-15-27(21-42)43(26)34(47)48-36(4,5)6;1-19(2,3)13-6-8-14(9-7-13)24-15(17(25)23(4)5)10-12-11-21-18(20)22-16(12)24;1-17(2,3)24-16(23)21-12-5-6-13(21)10-20(9-12)15(22)11-4-7-14(18)19-8-11;;;;;/h9-13,16-19,26-27H,14-15,20-21H2,1-8H3,(H,37,38,39,40);6-11H,1-5H3;4,7-8,12-13H,5-6,9-10H2,1-3H3,(H2,18,19);5*1H4. The van der Waals surface area contributed by atoms with Crippen LogP contribution in [0.25, 0.3) is 33.4 Å². The van der Waals surface area contributed by atoms with Crippen molar-refractivity contribution in [2.45, 2.75) is 192 Å². The number of nitrogens with zero attached hydrogens (tertiary/aromatic N) is 14. The zero-order valence-corrected chi connectivity index (χ0v) is 59.1. The van der Waals surface area contributed by atoms with Gasteiger partial charge in [0.1, 0.15) is 39.9 Å². The SMILES string of the molecule is C.C.C.C.C.CC(C)(C)OC(=O)N1C2CCC1CN(C(=O)c1ccc(N)nc1)C2.CN(C)C(=O)c1cc2cnc(Cl)nc2n1-c1ccc(C(C)(C)C)cc1.CN(C)C(=O)c1cc2cnc(Nc3ccc(C(=O)N4CC5CCC(C4)N5C(=O)OC(C)(C)C)cn3)nc2n1-c1ccc(C(C)(C)C)cc1. The molecule has 2 aromatic carbocycles. The third-order valence-electron chi connectivity index (χ3n) is 17.3. The number of pyridine rings is 2. The number of fused-ring (bicyclic) bond motifs is 6. The van der Waals surface area contributed by atoms with Crippen molar-refractivity contribution in [1.29, 1.82) is 0 Å². The van der Waals surface area contributed by atoms with E-state index in [9.17, 15) is 28.8 Å². The van der Waals surface area contributed by atoms with Gasteiger partial charge in [-0.2, -0.15) is 9.97 Å². The van der Waals surface area contributed by atoms with Gasteiger partial charge in [0.25, 0.3) is 23.6 Å². The third kappa shape index (κ3) is 18.7. The Morgan fingerprint density at radius 1 is 0.490 bits per heavy atom. The molecule has 0 spiro atoms. The molecule has 4 saturated heterocycles. The molecule has 4 bridgehead atoms. The van der Waals surface area contributed by atoms with Gasteiger partial charge in [0, 0.05) is 101 Å². The van der Waals surface area contributed by atoms with E-state index < -0.39 is 11.2 Å². The van der Waals surface area contributed by atoms with Gasteiger partial charge in [-0.3, -0.25) is 38.1 Å². The van der Waals surface area contributed by atoms with Crippen LogP contribution in [0.2, 0.25) is 5.28 Å². The van der Waals surface area contributed by atoms with Crippen molar-refractivity contribution in [3.63, 3.8) is 0 Å². The first-order valence-corrected chi connectivity index (χ1v) is 33.0. The minimum absolute atomic E-state index is 0. The minimum atomic E-state index is -0.571. The fraction of sp³-hybridized carbons (Fsp3) is 0.481. The quantitative estimate of drug-likeness (QED) is 0.134. The van der Waals surface area contributed by atoms with Gasteiger partial charge >= 0.3 is 12.2 Å². The average Bonchev–Trinajstić information content (AvgIpc) is 1.62. The van der Waals surface area contributed by atoms with Gasteiger partial charge in [0.2, 0.25) is 11.2 Å². The van der Waals surface area contributed by atoms with E-state index in [-0.39, 0.29) is 113 Å². The van der Waals surface area contributed by atoms with Crippen LogP contribution in [-0.4, -0.2) is 194 Å². The highest BCUT2D eigenvalue weighted by atomic mass is 35.5. The van der Waals surface area contributed by atoms with E-state index in [2.05, 4.69) is 96.0 Å². The number of likely N-dealkylation sites (tertiary alicyclic amines) is 2. The molecule has 0 saturated carbocycles. The van der Waals surface area contributed by atoms with E-state index in [0.717, 1.165) is 47.8 Å². The first-order chi connectivity index (χ1) is 45.5. The highest BCUT2D eigenvalue weighted by Gasteiger charge is 2.47. The van der Waals surface area contributed by atoms with Crippen LogP contribution < -0.4 is 11.1 Å². The lowest BCUT2D eigenvalue weighted by Gasteiger charge is -2.41. The number of hydrogen-bond donors (Lipinski definition) is 2. The minimum Gasteiger partial charge on any atom is -0.444 e. The first-order valence-electron chi connectivity index (χ1n) is 32.6. The van der Waals surface area contributed by atoms with Gasteiger partial charge in [0.05, 0.1) is 35.3 Å². The van der Waals surface area contributed by atoms with Gasteiger partial charge in [-0.05, 0) is 161 Å². The Bertz CT molecular complexity index is 4210. The van der Waals surface area contributed by atoms with E-state index in [0.29, 0.717) is 77.6 Å². The molecule has 6 amide bonds. The third-order valence-corrected chi connectivity index (χ3v) is 17.5. The molecule has 12 rings (SSSR count). The van der Waals surface area contributed by atoms with Crippen molar-refractivity contribution >= 4 is 87.1 Å². The fourth-order valence-electron chi connectivity index (χ4n) is 12.5. The molecule has 8 aromatic rings. The zero-order valence-electron chi connectivity index (χ0n) is 58.3. The van der Waals surface area contributed by atoms with Crippen LogP contribution in [0.15, 0.2) is 110 Å². The van der Waals surface area contributed by atoms with Crippen LogP contribution in [0.4, 0.5) is 27.2 Å². The van der Waals surface area contributed by atoms with E-state index in [1.165, 1.54) is 17.3 Å². The Balaban J connectivity index is 0.000000294. The molecule has 4 unspecified atom stereocenters. The number of nitrogens with one attached hydrogen (secondary N) is 1. The number of anilines is 3. The summed E-state index contributed by atoms with van der Waals surface area (Å²) in [6.45, 7) is 26.1. The van der Waals surface area contributed by atoms with E-state index in [1.54, 1.807) is 103 Å². The second kappa shape index (κ2) is 32.5. The van der Waals surface area contributed by atoms with Gasteiger partial charge in [0.15, 0.2) is 5.65 Å². The Morgan fingerprint density at radius 3 is 1.21 bits per heavy atom. The van der Waals surface area contributed by atoms with Crippen molar-refractivity contribution in [2.75, 3.05) is 65.4 Å². The summed E-state index contributed by atoms with van der Waals surface area (Å²) in [6, 6.07) is 26.6. The fourth-order valence-corrected chi connectivity index (χ4v) is 12.6. The van der Waals surface area contributed by atoms with Crippen molar-refractivity contribution in [2.24, 2.45) is 0 Å². The molecule has 552 valence electrons. The summed E-state index contributed by atoms with van der Waals surface area (Å²) < 4.78 is 14.8. The molecule has 4 atom stereocenters. The van der Waals surface area contributed by atoms with Crippen molar-refractivity contribution in [3.8, 4) is 11.4 Å². The van der Waals surface area contributed by atoms with Crippen molar-refractivity contribution in [1.82, 2.24) is 68.4 Å². The molecule has 24 nitrogen and oxygen atoms in total. The van der Waals surface area contributed by atoms with Gasteiger partial charge in [-0.1, -0.05) is 103 Å². The molecule has 3 N–H and O–H groups in total. The molecule has 0 aliphatic carbocycles. The summed E-state index contributed by atoms with van der Waals surface area (Å²) in [5.74, 6) is 0.722. The summed E-state index contributed by atoms with van der Waals surface area (Å²) >= 11 is 5.98. The van der Waals surface area contributed by atoms with Gasteiger partial charge < -0.3 is 40.1 Å². The summed E-state index contributed by atoms with van der Waals surface area (Å²) in [7, 11) is 6.90. The summed E-state index contributed by atoms with van der Waals surface area (Å²) in [5, 5.41) is 4.80. The van der Waals surface area contributed by atoms with Crippen LogP contribution in [0.3, 0.4) is 0 Å². The number of aromatic nitrogens is 8. The summed E-state index contributed by atoms with van der Waals surface area (Å²) in [6.07, 6.45) is 9.24. The molecular weight excluding hydrogens is 1310 g/mol. The molecule has 102 heavy (non-hydrogen) atoms. The monoisotopic (exact) mass is 1420 g/mol. The number of piperazine rings is 2. The molecule has 6 aromatic heterocycles. The molecule has 4 aliphatic heterocycles. The number of rotatable bonds is 8. The Kier molecular flexibility index (Phi) is 26.4. The molecule has 0 radical (unpaired) electrons. The molecule has 25 heteroatoms. The number of amides is 6. The molecule has 10 heterocycles. The number of nitrogens with two attached hydrogens (primary N) is 1. The number of benzene rings is 2. The van der Waals surface area contributed by atoms with Crippen LogP contribution in [0, 0.1) is 0 Å². The maximum absolute atomic E-state index is 13.5. The lowest BCUT2D eigenvalue weighted by molar-refractivity contribution is -0.00386. The number of carbonyl (C=O) groups excluding carboxylic acids is 6. The predicted molar refractivity (Wildman–Crippen MR) is 408 cm³/mol. The van der Waals surface area contributed by atoms with Gasteiger partial charge in [-0.25, -0.2) is 29.5 Å². The topological polar surface area (TPSA) is 266 Å². The summed E-state index contributed by atoms with van der Waals surface area (Å²) in [5.41, 5.74) is 11.8. The van der Waals surface area contributed by atoms with E-state index >= 15 is 0 Å². The highest BCUT2D eigenvalue weighted by molar-refractivity contribution is 6.28. The lowest BCUT2D eigenvalue weighted by Crippen LogP contribution is -2.57. The van der Waals surface area contributed by atoms with Crippen LogP contribution in [-0.2, 0) is 20.3 Å². The number of ether oxygens (including phenoxy) is 2. The summed E-state index contributed by atoms with van der Waals surface area (Å²) in [4.78, 5) is 114. The van der Waals surface area contributed by atoms with Crippen molar-refractivity contribution < 1.29 is 38.2 Å². The van der Waals surface area contributed by atoms with Crippen LogP contribution in [0.1, 0.15) is 199 Å². The van der Waals surface area contributed by atoms with Crippen molar-refractivity contribution in [3.05, 3.63) is 149 Å². The number of halogens is 1. The smallest absolute Gasteiger partial charge is 0.410 e. The molecule has 4 aliphatic rings. The van der Waals surface area contributed by atoms with Crippen LogP contribution >= 0.6 is 11.6 Å². The predicted octanol–water partition coefficient (Wildman–Crippen LogP) is 14.9. The number of carbonyl (C=O) groups is 6. The first kappa shape index (κ1) is 83.0. The second-order valence-electron chi connectivity index (χ2n) is 29.6. The maximum Gasteiger partial charge on any atom is 0.410 e. The maximum atomic E-state index is 13.5. The Hall–Kier alpha value is -9.71. The average molecular weight is 1420 g/mol. The van der Waals surface area contributed by atoms with Gasteiger partial charge in [-0.15, -0.1) is 0 Å². The largest absolute Gasteiger partial charge is 0.444 e. The number of hydrogen-bond acceptors (Lipinski definition) is 16. The Morgan fingerprint density at radius 2 is 0.863 bits per heavy atom. The lowest BCUT2D eigenvalue weighted by atomic mass is 9.87. The van der Waals surface area contributed by atoms with Crippen LogP contribution in [0.5, 0.6) is 0 Å². The molecule has 4 fully saturated rings. The number of nitrogen functional groups attached to an aromatic ring is 1. The highest BCUT2D eigenvalue weighted by Crippen LogP contribution is 2.36. The normalized spacial score (nSPS) is 16.8. The molecular formula is C77H109ClN16O8. The second-order valence-corrected chi connectivity index (χ2v) is 29.9. The zero-order chi connectivity index (χ0) is 70.4.